The highest BCUT2D eigenvalue weighted by Crippen LogP contribution is 2.22. The van der Waals surface area contributed by atoms with Crippen molar-refractivity contribution < 1.29 is 22.3 Å². The first kappa shape index (κ1) is 15.9. The number of methoxy groups -OCH3 is 1. The van der Waals surface area contributed by atoms with Gasteiger partial charge in [0.25, 0.3) is 15.0 Å². The molecule has 0 spiro atoms. The Labute approximate surface area is 115 Å². The Kier molecular flexibility index (Phi) is 5.28. The first-order chi connectivity index (χ1) is 8.77. The highest BCUT2D eigenvalue weighted by Gasteiger charge is 2.19. The topological polar surface area (TPSA) is 72.5 Å². The van der Waals surface area contributed by atoms with Crippen LogP contribution in [0.3, 0.4) is 0 Å². The number of nitrogens with one attached hydrogen (secondary N) is 1. The third kappa shape index (κ3) is 4.15. The van der Waals surface area contributed by atoms with Crippen molar-refractivity contribution in [1.82, 2.24) is 5.32 Å². The molecule has 0 bridgehead atoms. The van der Waals surface area contributed by atoms with Gasteiger partial charge in [-0.25, -0.2) is 12.8 Å². The molecule has 0 unspecified atom stereocenters. The third-order valence-electron chi connectivity index (χ3n) is 2.35. The molecule has 19 heavy (non-hydrogen) atoms. The summed E-state index contributed by atoms with van der Waals surface area (Å²) in [7, 11) is 2.62. The highest BCUT2D eigenvalue weighted by molar-refractivity contribution is 8.13. The molecule has 0 heterocycles. The Morgan fingerprint density at radius 2 is 2.11 bits per heavy atom. The van der Waals surface area contributed by atoms with Crippen molar-refractivity contribution in [2.75, 3.05) is 20.3 Å². The van der Waals surface area contributed by atoms with Gasteiger partial charge < -0.3 is 10.1 Å². The van der Waals surface area contributed by atoms with E-state index in [9.17, 15) is 17.6 Å². The molecule has 1 N–H and O–H groups in total. The second-order valence-corrected chi connectivity index (χ2v) is 6.35. The lowest BCUT2D eigenvalue weighted by molar-refractivity contribution is 0.0932. The van der Waals surface area contributed by atoms with E-state index < -0.39 is 20.8 Å². The van der Waals surface area contributed by atoms with E-state index >= 15 is 0 Å². The summed E-state index contributed by atoms with van der Waals surface area (Å²) >= 11 is 0. The van der Waals surface area contributed by atoms with E-state index in [0.717, 1.165) is 12.1 Å². The Morgan fingerprint density at radius 3 is 2.63 bits per heavy atom. The number of aryl methyl sites for hydroxylation is 1. The van der Waals surface area contributed by atoms with Crippen molar-refractivity contribution >= 4 is 25.6 Å². The molecule has 0 aliphatic heterocycles. The van der Waals surface area contributed by atoms with Crippen molar-refractivity contribution in [2.24, 2.45) is 0 Å². The van der Waals surface area contributed by atoms with E-state index in [0.29, 0.717) is 0 Å². The maximum Gasteiger partial charge on any atom is 0.261 e. The molecule has 0 aromatic heterocycles. The third-order valence-corrected chi connectivity index (χ3v) is 3.68. The molecule has 5 nitrogen and oxygen atoms in total. The van der Waals surface area contributed by atoms with Crippen LogP contribution in [0.2, 0.25) is 0 Å². The maximum absolute atomic E-state index is 13.8. The summed E-state index contributed by atoms with van der Waals surface area (Å²) in [6, 6.07) is 1.98. The predicted octanol–water partition coefficient (Wildman–Crippen LogP) is 1.44. The SMILES string of the molecule is COCCNC(=O)c1cc(S(=O)(=O)Cl)cc(C)c1F. The molecule has 1 aromatic rings. The number of carbonyl (C=O) groups is 1. The molecule has 0 saturated carbocycles. The minimum Gasteiger partial charge on any atom is -0.383 e. The summed E-state index contributed by atoms with van der Waals surface area (Å²) in [6.07, 6.45) is 0. The van der Waals surface area contributed by atoms with Crippen molar-refractivity contribution in [3.05, 3.63) is 29.1 Å². The van der Waals surface area contributed by atoms with E-state index in [4.69, 9.17) is 15.4 Å². The zero-order valence-electron chi connectivity index (χ0n) is 10.4. The average molecular weight is 310 g/mol. The Bertz CT molecular complexity index is 589. The largest absolute Gasteiger partial charge is 0.383 e. The second-order valence-electron chi connectivity index (χ2n) is 3.79. The van der Waals surface area contributed by atoms with Gasteiger partial charge in [-0.2, -0.15) is 0 Å². The fraction of sp³-hybridized carbons (Fsp3) is 0.364. The Hall–Kier alpha value is -1.18. The van der Waals surface area contributed by atoms with Crippen molar-refractivity contribution in [2.45, 2.75) is 11.8 Å². The number of benzene rings is 1. The van der Waals surface area contributed by atoms with Gasteiger partial charge in [0.15, 0.2) is 0 Å². The van der Waals surface area contributed by atoms with E-state index in [1.54, 1.807) is 0 Å². The number of hydrogen-bond acceptors (Lipinski definition) is 4. The van der Waals surface area contributed by atoms with Crippen LogP contribution in [0.4, 0.5) is 4.39 Å². The van der Waals surface area contributed by atoms with Crippen LogP contribution in [0.1, 0.15) is 15.9 Å². The zero-order chi connectivity index (χ0) is 14.6. The summed E-state index contributed by atoms with van der Waals surface area (Å²) in [4.78, 5) is 11.4. The summed E-state index contributed by atoms with van der Waals surface area (Å²) in [6.45, 7) is 1.80. The average Bonchev–Trinajstić information content (AvgIpc) is 2.31. The molecule has 0 radical (unpaired) electrons. The van der Waals surface area contributed by atoms with Crippen LogP contribution < -0.4 is 5.32 Å². The zero-order valence-corrected chi connectivity index (χ0v) is 11.9. The summed E-state index contributed by atoms with van der Waals surface area (Å²) in [5, 5.41) is 2.40. The van der Waals surface area contributed by atoms with Crippen LogP contribution >= 0.6 is 10.7 Å². The monoisotopic (exact) mass is 309 g/mol. The molecule has 0 saturated heterocycles. The lowest BCUT2D eigenvalue weighted by Crippen LogP contribution is -2.28. The van der Waals surface area contributed by atoms with Crippen LogP contribution in [-0.4, -0.2) is 34.6 Å². The van der Waals surface area contributed by atoms with Gasteiger partial charge in [-0.15, -0.1) is 0 Å². The minimum atomic E-state index is -4.02. The van der Waals surface area contributed by atoms with Gasteiger partial charge in [-0.1, -0.05) is 0 Å². The van der Waals surface area contributed by atoms with Crippen molar-refractivity contribution in [3.63, 3.8) is 0 Å². The Morgan fingerprint density at radius 1 is 1.47 bits per heavy atom. The van der Waals surface area contributed by atoms with Crippen LogP contribution in [0.5, 0.6) is 0 Å². The normalized spacial score (nSPS) is 11.4. The number of ether oxygens (including phenoxy) is 1. The van der Waals surface area contributed by atoms with Crippen molar-refractivity contribution in [1.29, 1.82) is 0 Å². The number of hydrogen-bond donors (Lipinski definition) is 1. The summed E-state index contributed by atoms with van der Waals surface area (Å²) in [5.41, 5.74) is -0.339. The van der Waals surface area contributed by atoms with Gasteiger partial charge in [0.05, 0.1) is 17.1 Å². The number of amides is 1. The van der Waals surface area contributed by atoms with Gasteiger partial charge in [0.2, 0.25) is 0 Å². The van der Waals surface area contributed by atoms with E-state index in [1.165, 1.54) is 14.0 Å². The van der Waals surface area contributed by atoms with E-state index in [2.05, 4.69) is 5.32 Å². The lowest BCUT2D eigenvalue weighted by atomic mass is 10.1. The molecule has 1 rings (SSSR count). The second kappa shape index (κ2) is 6.31. The first-order valence-corrected chi connectivity index (χ1v) is 7.60. The lowest BCUT2D eigenvalue weighted by Gasteiger charge is -2.09. The fourth-order valence-electron chi connectivity index (χ4n) is 1.40. The van der Waals surface area contributed by atoms with E-state index in [1.807, 2.05) is 0 Å². The number of carbonyl (C=O) groups excluding carboxylic acids is 1. The molecule has 1 aromatic carbocycles. The smallest absolute Gasteiger partial charge is 0.261 e. The summed E-state index contributed by atoms with van der Waals surface area (Å²) < 4.78 is 41.0. The maximum atomic E-state index is 13.8. The summed E-state index contributed by atoms with van der Waals surface area (Å²) in [5.74, 6) is -1.50. The van der Waals surface area contributed by atoms with Crippen LogP contribution in [0, 0.1) is 12.7 Å². The molecule has 8 heteroatoms. The van der Waals surface area contributed by atoms with Gasteiger partial charge in [-0.05, 0) is 24.6 Å². The highest BCUT2D eigenvalue weighted by atomic mass is 35.7. The minimum absolute atomic E-state index is 0.0265. The van der Waals surface area contributed by atoms with Crippen LogP contribution in [-0.2, 0) is 13.8 Å². The van der Waals surface area contributed by atoms with Gasteiger partial charge in [0.1, 0.15) is 5.82 Å². The van der Waals surface area contributed by atoms with E-state index in [-0.39, 0.29) is 29.2 Å². The van der Waals surface area contributed by atoms with Gasteiger partial charge >= 0.3 is 0 Å². The number of rotatable bonds is 5. The van der Waals surface area contributed by atoms with Gasteiger partial charge in [0, 0.05) is 24.3 Å². The molecule has 0 aliphatic rings. The molecule has 1 amide bonds. The fourth-order valence-corrected chi connectivity index (χ4v) is 2.25. The number of halogens is 2. The Balaban J connectivity index is 3.13. The first-order valence-electron chi connectivity index (χ1n) is 5.29. The molecular weight excluding hydrogens is 297 g/mol. The van der Waals surface area contributed by atoms with Gasteiger partial charge in [-0.3, -0.25) is 4.79 Å². The molecule has 0 fully saturated rings. The molecule has 0 atom stereocenters. The molecule has 0 aliphatic carbocycles. The standard InChI is InChI=1S/C11H13ClFNO4S/c1-7-5-8(19(12,16)17)6-9(10(7)13)11(15)14-3-4-18-2/h5-6H,3-4H2,1-2H3,(H,14,15). The molecular formula is C11H13ClFNO4S. The van der Waals surface area contributed by atoms with Crippen LogP contribution in [0.15, 0.2) is 17.0 Å². The molecule has 106 valence electrons. The van der Waals surface area contributed by atoms with Crippen molar-refractivity contribution in [3.8, 4) is 0 Å². The predicted molar refractivity (Wildman–Crippen MR) is 68.4 cm³/mol. The van der Waals surface area contributed by atoms with Crippen LogP contribution in [0.25, 0.3) is 0 Å². The quantitative estimate of drug-likeness (QED) is 0.660.